The van der Waals surface area contributed by atoms with Crippen molar-refractivity contribution in [1.82, 2.24) is 19.7 Å². The minimum absolute atomic E-state index is 0.0915. The predicted octanol–water partition coefficient (Wildman–Crippen LogP) is 2.50. The summed E-state index contributed by atoms with van der Waals surface area (Å²) in [5.74, 6) is -1.10. The second-order valence-electron chi connectivity index (χ2n) is 8.41. The SMILES string of the molecule is C[C@H](N)C(=O)Nc1ncc2cc1O[C@H](C)c1cc(F)ccc1C(=O)N(C)Cc1nn(C)c(C#N)c1-2. The van der Waals surface area contributed by atoms with Gasteiger partial charge in [0, 0.05) is 42.5 Å². The van der Waals surface area contributed by atoms with Crippen molar-refractivity contribution in [2.24, 2.45) is 12.8 Å². The first-order valence-electron chi connectivity index (χ1n) is 10.8. The normalized spacial score (nSPS) is 16.1. The number of hydrogen-bond donors (Lipinski definition) is 2. The lowest BCUT2D eigenvalue weighted by atomic mass is 10.00. The van der Waals surface area contributed by atoms with Crippen molar-refractivity contribution in [3.8, 4) is 22.9 Å². The highest BCUT2D eigenvalue weighted by molar-refractivity contribution is 5.96. The third-order valence-corrected chi connectivity index (χ3v) is 5.74. The molecule has 3 aromatic rings. The summed E-state index contributed by atoms with van der Waals surface area (Å²) in [6.07, 6.45) is 0.695. The Kier molecular flexibility index (Phi) is 6.24. The number of nitrogens with zero attached hydrogens (tertiary/aromatic N) is 5. The Morgan fingerprint density at radius 3 is 2.80 bits per heavy atom. The van der Waals surface area contributed by atoms with Gasteiger partial charge >= 0.3 is 0 Å². The van der Waals surface area contributed by atoms with Crippen molar-refractivity contribution < 1.29 is 18.7 Å². The summed E-state index contributed by atoms with van der Waals surface area (Å²) in [5.41, 5.74) is 8.01. The Bertz CT molecular complexity index is 1380. The van der Waals surface area contributed by atoms with E-state index in [2.05, 4.69) is 21.5 Å². The molecule has 0 unspecified atom stereocenters. The van der Waals surface area contributed by atoms with E-state index < -0.39 is 23.9 Å². The summed E-state index contributed by atoms with van der Waals surface area (Å²) in [6, 6.07) is 6.83. The topological polar surface area (TPSA) is 139 Å². The lowest BCUT2D eigenvalue weighted by molar-refractivity contribution is -0.117. The van der Waals surface area contributed by atoms with E-state index >= 15 is 0 Å². The molecule has 180 valence electrons. The molecule has 11 heteroatoms. The highest BCUT2D eigenvalue weighted by atomic mass is 19.1. The lowest BCUT2D eigenvalue weighted by Crippen LogP contribution is -2.33. The molecule has 0 saturated heterocycles. The molecule has 3 N–H and O–H groups in total. The first-order chi connectivity index (χ1) is 16.6. The number of halogens is 1. The van der Waals surface area contributed by atoms with Gasteiger partial charge in [-0.15, -0.1) is 0 Å². The Labute approximate surface area is 201 Å². The Balaban J connectivity index is 1.96. The summed E-state index contributed by atoms with van der Waals surface area (Å²) in [5, 5.41) is 16.9. The smallest absolute Gasteiger partial charge is 0.254 e. The van der Waals surface area contributed by atoms with Gasteiger partial charge in [0.1, 0.15) is 23.7 Å². The van der Waals surface area contributed by atoms with Crippen LogP contribution in [0.15, 0.2) is 30.5 Å². The van der Waals surface area contributed by atoms with Crippen LogP contribution in [0.4, 0.5) is 10.2 Å². The van der Waals surface area contributed by atoms with Crippen LogP contribution in [0, 0.1) is 17.1 Å². The average molecular weight is 478 g/mol. The van der Waals surface area contributed by atoms with E-state index in [0.717, 1.165) is 0 Å². The van der Waals surface area contributed by atoms with Crippen LogP contribution in [0.1, 0.15) is 47.3 Å². The fourth-order valence-electron chi connectivity index (χ4n) is 3.94. The molecule has 10 nitrogen and oxygen atoms in total. The van der Waals surface area contributed by atoms with E-state index in [4.69, 9.17) is 10.5 Å². The Hall–Kier alpha value is -4.30. The van der Waals surface area contributed by atoms with Gasteiger partial charge in [-0.25, -0.2) is 9.37 Å². The maximum Gasteiger partial charge on any atom is 0.254 e. The molecule has 0 spiro atoms. The molecule has 0 fully saturated rings. The van der Waals surface area contributed by atoms with Crippen molar-refractivity contribution >= 4 is 17.6 Å². The monoisotopic (exact) mass is 477 g/mol. The van der Waals surface area contributed by atoms with E-state index in [-0.39, 0.29) is 35.3 Å². The van der Waals surface area contributed by atoms with Crippen LogP contribution in [-0.2, 0) is 18.4 Å². The molecule has 2 bridgehead atoms. The number of ether oxygens (including phenoxy) is 1. The van der Waals surface area contributed by atoms with E-state index in [9.17, 15) is 19.2 Å². The minimum atomic E-state index is -0.801. The van der Waals surface area contributed by atoms with Gasteiger partial charge in [-0.1, -0.05) is 0 Å². The first-order valence-corrected chi connectivity index (χ1v) is 10.8. The second kappa shape index (κ2) is 9.15. The van der Waals surface area contributed by atoms with Crippen LogP contribution in [0.2, 0.25) is 0 Å². The average Bonchev–Trinajstić information content (AvgIpc) is 3.13. The maximum absolute atomic E-state index is 14.2. The van der Waals surface area contributed by atoms with Gasteiger partial charge in [0.25, 0.3) is 5.91 Å². The van der Waals surface area contributed by atoms with Gasteiger partial charge in [-0.3, -0.25) is 14.3 Å². The molecular weight excluding hydrogens is 453 g/mol. The Morgan fingerprint density at radius 2 is 2.11 bits per heavy atom. The van der Waals surface area contributed by atoms with E-state index in [1.165, 1.54) is 40.9 Å². The third kappa shape index (κ3) is 4.43. The molecule has 2 amide bonds. The highest BCUT2D eigenvalue weighted by Crippen LogP contribution is 2.36. The largest absolute Gasteiger partial charge is 0.482 e. The zero-order valence-electron chi connectivity index (χ0n) is 19.7. The van der Waals surface area contributed by atoms with Gasteiger partial charge in [0.05, 0.1) is 18.3 Å². The van der Waals surface area contributed by atoms with Crippen molar-refractivity contribution in [3.05, 3.63) is 58.8 Å². The number of nitrogens with one attached hydrogen (secondary N) is 1. The number of nitrogens with two attached hydrogens (primary N) is 1. The number of benzene rings is 1. The third-order valence-electron chi connectivity index (χ3n) is 5.74. The molecular formula is C24H24FN7O3. The van der Waals surface area contributed by atoms with Crippen LogP contribution >= 0.6 is 0 Å². The molecule has 4 rings (SSSR count). The maximum atomic E-state index is 14.2. The Morgan fingerprint density at radius 1 is 1.37 bits per heavy atom. The van der Waals surface area contributed by atoms with Crippen LogP contribution < -0.4 is 15.8 Å². The molecule has 1 aromatic carbocycles. The number of aryl methyl sites for hydroxylation is 1. The first kappa shape index (κ1) is 23.8. The molecule has 0 radical (unpaired) electrons. The van der Waals surface area contributed by atoms with Crippen LogP contribution in [0.25, 0.3) is 11.1 Å². The van der Waals surface area contributed by atoms with Gasteiger partial charge in [0.2, 0.25) is 5.91 Å². The standard InChI is InChI=1S/C24H24FN7O3/c1-12(27)23(33)29-22-20-7-14(10-28-22)21-18(30-32(4)19(21)9-26)11-31(3)24(34)16-6-5-15(25)8-17(16)13(2)35-20/h5-8,10,12-13H,11,27H2,1-4H3,(H,28,29,33)/t12-,13+/m0/s1. The van der Waals surface area contributed by atoms with Crippen LogP contribution in [-0.4, -0.2) is 44.6 Å². The molecule has 1 aliphatic heterocycles. The summed E-state index contributed by atoms with van der Waals surface area (Å²) < 4.78 is 21.7. The zero-order valence-corrected chi connectivity index (χ0v) is 19.7. The van der Waals surface area contributed by atoms with Gasteiger partial charge in [-0.05, 0) is 38.1 Å². The number of carbonyl (C=O) groups is 2. The predicted molar refractivity (Wildman–Crippen MR) is 125 cm³/mol. The summed E-state index contributed by atoms with van der Waals surface area (Å²) in [4.78, 5) is 31.4. The highest BCUT2D eigenvalue weighted by Gasteiger charge is 2.27. The van der Waals surface area contributed by atoms with Crippen molar-refractivity contribution in [2.75, 3.05) is 12.4 Å². The second-order valence-corrected chi connectivity index (χ2v) is 8.41. The number of nitriles is 1. The quantitative estimate of drug-likeness (QED) is 0.578. The van der Waals surface area contributed by atoms with Gasteiger partial charge < -0.3 is 20.7 Å². The fraction of sp³-hybridized carbons (Fsp3) is 0.292. The zero-order chi connectivity index (χ0) is 25.4. The molecule has 1 aliphatic rings. The molecule has 2 atom stereocenters. The van der Waals surface area contributed by atoms with E-state index in [1.54, 1.807) is 27.1 Å². The summed E-state index contributed by atoms with van der Waals surface area (Å²) in [7, 11) is 3.24. The van der Waals surface area contributed by atoms with Gasteiger partial charge in [-0.2, -0.15) is 10.4 Å². The number of carbonyl (C=O) groups excluding carboxylic acids is 2. The fourth-order valence-corrected chi connectivity index (χ4v) is 3.94. The number of aromatic nitrogens is 3. The number of fused-ring (bicyclic) bond motifs is 5. The summed E-state index contributed by atoms with van der Waals surface area (Å²) >= 11 is 0. The van der Waals surface area contributed by atoms with Crippen molar-refractivity contribution in [2.45, 2.75) is 32.5 Å². The number of anilines is 1. The van der Waals surface area contributed by atoms with Crippen molar-refractivity contribution in [3.63, 3.8) is 0 Å². The molecule has 2 aromatic heterocycles. The summed E-state index contributed by atoms with van der Waals surface area (Å²) in [6.45, 7) is 3.28. The van der Waals surface area contributed by atoms with Gasteiger partial charge in [0.15, 0.2) is 11.6 Å². The van der Waals surface area contributed by atoms with Crippen LogP contribution in [0.3, 0.4) is 0 Å². The molecule has 3 heterocycles. The van der Waals surface area contributed by atoms with E-state index in [1.807, 2.05) is 0 Å². The van der Waals surface area contributed by atoms with E-state index in [0.29, 0.717) is 22.4 Å². The minimum Gasteiger partial charge on any atom is -0.482 e. The van der Waals surface area contributed by atoms with Crippen LogP contribution in [0.5, 0.6) is 5.75 Å². The molecule has 0 aliphatic carbocycles. The van der Waals surface area contributed by atoms with Crippen molar-refractivity contribution in [1.29, 1.82) is 5.26 Å². The number of hydrogen-bond acceptors (Lipinski definition) is 7. The number of rotatable bonds is 2. The number of pyridine rings is 1. The molecule has 0 saturated carbocycles. The lowest BCUT2D eigenvalue weighted by Gasteiger charge is -2.24. The number of amides is 2. The molecule has 35 heavy (non-hydrogen) atoms.